The van der Waals surface area contributed by atoms with Crippen LogP contribution in [0.1, 0.15) is 57.1 Å². The summed E-state index contributed by atoms with van der Waals surface area (Å²) < 4.78 is 11.6. The monoisotopic (exact) mass is 276 g/mol. The molecule has 3 atom stereocenters. The number of benzene rings is 1. The molecule has 0 radical (unpaired) electrons. The summed E-state index contributed by atoms with van der Waals surface area (Å²) in [6.07, 6.45) is 6.04. The third kappa shape index (κ3) is 2.51. The predicted octanol–water partition coefficient (Wildman–Crippen LogP) is 3.85. The topological polar surface area (TPSA) is 38.7 Å². The van der Waals surface area contributed by atoms with Crippen LogP contribution in [0.5, 0.6) is 11.5 Å². The number of hydrogen-bond acceptors (Lipinski definition) is 3. The van der Waals surface area contributed by atoms with Crippen LogP contribution < -0.4 is 9.47 Å². The van der Waals surface area contributed by atoms with Gasteiger partial charge in [0, 0.05) is 18.1 Å². The van der Waals surface area contributed by atoms with E-state index in [4.69, 9.17) is 9.47 Å². The van der Waals surface area contributed by atoms with E-state index in [1.807, 2.05) is 18.2 Å². The van der Waals surface area contributed by atoms with Crippen LogP contribution in [0.3, 0.4) is 0 Å². The summed E-state index contributed by atoms with van der Waals surface area (Å²) in [5.41, 5.74) is 0.720. The molecular weight excluding hydrogens is 252 g/mol. The first kappa shape index (κ1) is 13.7. The molecule has 1 aromatic rings. The largest absolute Gasteiger partial charge is 0.497 e. The lowest BCUT2D eigenvalue weighted by Gasteiger charge is -2.40. The molecule has 0 aromatic heterocycles. The van der Waals surface area contributed by atoms with E-state index in [9.17, 15) is 5.11 Å². The van der Waals surface area contributed by atoms with Gasteiger partial charge in [0.15, 0.2) is 0 Å². The van der Waals surface area contributed by atoms with Gasteiger partial charge in [-0.2, -0.15) is 0 Å². The van der Waals surface area contributed by atoms with Crippen LogP contribution in [0.4, 0.5) is 0 Å². The van der Waals surface area contributed by atoms with Crippen molar-refractivity contribution in [2.45, 2.75) is 57.2 Å². The predicted molar refractivity (Wildman–Crippen MR) is 78.2 cm³/mol. The third-order valence-corrected chi connectivity index (χ3v) is 4.89. The quantitative estimate of drug-likeness (QED) is 0.846. The van der Waals surface area contributed by atoms with E-state index in [-0.39, 0.29) is 5.60 Å². The molecule has 2 unspecified atom stereocenters. The van der Waals surface area contributed by atoms with Crippen LogP contribution in [-0.4, -0.2) is 17.8 Å². The van der Waals surface area contributed by atoms with E-state index in [0.29, 0.717) is 0 Å². The highest BCUT2D eigenvalue weighted by Crippen LogP contribution is 2.47. The molecule has 20 heavy (non-hydrogen) atoms. The van der Waals surface area contributed by atoms with E-state index in [0.717, 1.165) is 42.2 Å². The Kier molecular flexibility index (Phi) is 3.63. The van der Waals surface area contributed by atoms with Crippen molar-refractivity contribution < 1.29 is 14.6 Å². The fourth-order valence-electron chi connectivity index (χ4n) is 3.60. The second-order valence-corrected chi connectivity index (χ2v) is 6.44. The van der Waals surface area contributed by atoms with Gasteiger partial charge in [-0.3, -0.25) is 0 Å². The molecule has 1 N–H and O–H groups in total. The fraction of sp³-hybridized carbons (Fsp3) is 0.647. The molecule has 3 nitrogen and oxygen atoms in total. The van der Waals surface area contributed by atoms with Crippen LogP contribution >= 0.6 is 0 Å². The maximum absolute atomic E-state index is 10.5. The Balaban J connectivity index is 1.90. The van der Waals surface area contributed by atoms with Crippen molar-refractivity contribution in [3.8, 4) is 11.5 Å². The van der Waals surface area contributed by atoms with Gasteiger partial charge in [-0.1, -0.05) is 13.3 Å². The standard InChI is InChI=1S/C17H24O3/c1-12-4-3-8-17(9-7-12)11-15(18)14-6-5-13(19-2)10-16(14)20-17/h5-6,10,12,15,18H,3-4,7-9,11H2,1-2H3/t12?,15-,17?/m1/s1. The van der Waals surface area contributed by atoms with Crippen molar-refractivity contribution in [2.24, 2.45) is 5.92 Å². The summed E-state index contributed by atoms with van der Waals surface area (Å²) >= 11 is 0. The van der Waals surface area contributed by atoms with Gasteiger partial charge in [0.05, 0.1) is 13.2 Å². The lowest BCUT2D eigenvalue weighted by molar-refractivity contribution is -0.0251. The Bertz CT molecular complexity index is 485. The lowest BCUT2D eigenvalue weighted by Crippen LogP contribution is -2.40. The SMILES string of the molecule is COc1ccc2c(c1)OC1(CCCC(C)CC1)C[C@H]2O. The second-order valence-electron chi connectivity index (χ2n) is 6.44. The zero-order chi connectivity index (χ0) is 14.2. The summed E-state index contributed by atoms with van der Waals surface area (Å²) in [5.74, 6) is 2.36. The van der Waals surface area contributed by atoms with Gasteiger partial charge in [0.1, 0.15) is 17.1 Å². The molecule has 1 aliphatic carbocycles. The van der Waals surface area contributed by atoms with Crippen LogP contribution in [0.2, 0.25) is 0 Å². The van der Waals surface area contributed by atoms with E-state index < -0.39 is 6.10 Å². The Hall–Kier alpha value is -1.22. The smallest absolute Gasteiger partial charge is 0.129 e. The lowest BCUT2D eigenvalue weighted by atomic mass is 9.83. The van der Waals surface area contributed by atoms with Crippen molar-refractivity contribution in [1.82, 2.24) is 0 Å². The van der Waals surface area contributed by atoms with Gasteiger partial charge in [-0.05, 0) is 43.7 Å². The summed E-state index contributed by atoms with van der Waals surface area (Å²) in [6.45, 7) is 2.31. The number of ether oxygens (including phenoxy) is 2. The normalized spacial score (nSPS) is 33.1. The molecule has 3 rings (SSSR count). The average molecular weight is 276 g/mol. The van der Waals surface area contributed by atoms with E-state index in [1.54, 1.807) is 7.11 Å². The molecule has 1 fully saturated rings. The summed E-state index contributed by atoms with van der Waals surface area (Å²) in [6, 6.07) is 5.72. The van der Waals surface area contributed by atoms with Crippen molar-refractivity contribution >= 4 is 0 Å². The van der Waals surface area contributed by atoms with E-state index in [1.165, 1.54) is 19.3 Å². The molecule has 1 saturated carbocycles. The first-order valence-electron chi connectivity index (χ1n) is 7.67. The van der Waals surface area contributed by atoms with Crippen molar-refractivity contribution in [3.63, 3.8) is 0 Å². The van der Waals surface area contributed by atoms with Crippen LogP contribution in [0.25, 0.3) is 0 Å². The van der Waals surface area contributed by atoms with Gasteiger partial charge >= 0.3 is 0 Å². The Morgan fingerprint density at radius 3 is 2.95 bits per heavy atom. The summed E-state index contributed by atoms with van der Waals surface area (Å²) in [7, 11) is 1.66. The number of methoxy groups -OCH3 is 1. The molecule has 3 heteroatoms. The maximum atomic E-state index is 10.5. The highest BCUT2D eigenvalue weighted by molar-refractivity contribution is 5.44. The minimum atomic E-state index is -0.418. The highest BCUT2D eigenvalue weighted by Gasteiger charge is 2.41. The van der Waals surface area contributed by atoms with Crippen molar-refractivity contribution in [1.29, 1.82) is 0 Å². The molecule has 1 spiro atoms. The number of fused-ring (bicyclic) bond motifs is 1. The number of aliphatic hydroxyl groups is 1. The van der Waals surface area contributed by atoms with Gasteiger partial charge < -0.3 is 14.6 Å². The Labute approximate surface area is 120 Å². The molecule has 1 aromatic carbocycles. The fourth-order valence-corrected chi connectivity index (χ4v) is 3.60. The summed E-state index contributed by atoms with van der Waals surface area (Å²) in [4.78, 5) is 0. The molecule has 0 amide bonds. The third-order valence-electron chi connectivity index (χ3n) is 4.89. The van der Waals surface area contributed by atoms with Gasteiger partial charge in [0.2, 0.25) is 0 Å². The zero-order valence-corrected chi connectivity index (χ0v) is 12.4. The van der Waals surface area contributed by atoms with Crippen molar-refractivity contribution in [3.05, 3.63) is 23.8 Å². The molecule has 2 aliphatic rings. The average Bonchev–Trinajstić information content (AvgIpc) is 2.61. The van der Waals surface area contributed by atoms with E-state index in [2.05, 4.69) is 6.92 Å². The first-order chi connectivity index (χ1) is 9.62. The second kappa shape index (κ2) is 5.28. The molecule has 0 saturated heterocycles. The number of hydrogen-bond donors (Lipinski definition) is 1. The van der Waals surface area contributed by atoms with E-state index >= 15 is 0 Å². The van der Waals surface area contributed by atoms with Crippen LogP contribution in [0.15, 0.2) is 18.2 Å². The Morgan fingerprint density at radius 2 is 2.15 bits per heavy atom. The highest BCUT2D eigenvalue weighted by atomic mass is 16.5. The zero-order valence-electron chi connectivity index (χ0n) is 12.4. The first-order valence-corrected chi connectivity index (χ1v) is 7.67. The minimum Gasteiger partial charge on any atom is -0.497 e. The molecule has 1 aliphatic heterocycles. The van der Waals surface area contributed by atoms with Gasteiger partial charge in [-0.15, -0.1) is 0 Å². The Morgan fingerprint density at radius 1 is 1.30 bits per heavy atom. The van der Waals surface area contributed by atoms with Gasteiger partial charge in [-0.25, -0.2) is 0 Å². The number of rotatable bonds is 1. The van der Waals surface area contributed by atoms with Crippen LogP contribution in [0, 0.1) is 5.92 Å². The van der Waals surface area contributed by atoms with Gasteiger partial charge in [0.25, 0.3) is 0 Å². The maximum Gasteiger partial charge on any atom is 0.129 e. The molecule has 110 valence electrons. The summed E-state index contributed by atoms with van der Waals surface area (Å²) in [5, 5.41) is 10.5. The molecule has 1 heterocycles. The van der Waals surface area contributed by atoms with Crippen molar-refractivity contribution in [2.75, 3.05) is 7.11 Å². The number of aliphatic hydroxyl groups excluding tert-OH is 1. The molecular formula is C17H24O3. The van der Waals surface area contributed by atoms with Crippen LogP contribution in [-0.2, 0) is 0 Å². The molecule has 0 bridgehead atoms. The minimum absolute atomic E-state index is 0.177.